The molecule has 0 N–H and O–H groups in total. The quantitative estimate of drug-likeness (QED) is 0.145. The molecular formula is C52H34N4O2. The van der Waals surface area contributed by atoms with Crippen molar-refractivity contribution >= 4 is 60.8 Å². The van der Waals surface area contributed by atoms with Crippen molar-refractivity contribution in [2.45, 2.75) is 6.54 Å². The summed E-state index contributed by atoms with van der Waals surface area (Å²) in [7, 11) is 0. The molecule has 0 amide bonds. The summed E-state index contributed by atoms with van der Waals surface area (Å²) in [6, 6.07) is 56.4. The van der Waals surface area contributed by atoms with Crippen molar-refractivity contribution in [2.24, 2.45) is 0 Å². The SMILES string of the molecule is C=C/C=C\c1oc2ccc(-c3nc(-c4ccc(-c5ccccc5)cc4)nc(-c4ccc5c(c4)oc4ccccc45)n3)cc2c1Cn1c2ccccc2c2ccccc21. The van der Waals surface area contributed by atoms with E-state index in [0.717, 1.165) is 72.0 Å². The molecule has 0 spiro atoms. The van der Waals surface area contributed by atoms with Crippen LogP contribution in [0.15, 0.2) is 191 Å². The first-order chi connectivity index (χ1) is 28.7. The normalized spacial score (nSPS) is 11.9. The van der Waals surface area contributed by atoms with Gasteiger partial charge in [0.05, 0.1) is 6.54 Å². The van der Waals surface area contributed by atoms with Gasteiger partial charge in [-0.2, -0.15) is 0 Å². The Morgan fingerprint density at radius 1 is 0.448 bits per heavy atom. The molecule has 0 radical (unpaired) electrons. The van der Waals surface area contributed by atoms with Gasteiger partial charge in [-0.15, -0.1) is 0 Å². The van der Waals surface area contributed by atoms with Crippen LogP contribution in [0.4, 0.5) is 0 Å². The topological polar surface area (TPSA) is 69.9 Å². The Hall–Kier alpha value is -7.83. The maximum atomic E-state index is 6.55. The molecule has 11 rings (SSSR count). The third-order valence-electron chi connectivity index (χ3n) is 11.0. The molecular weight excluding hydrogens is 713 g/mol. The third kappa shape index (κ3) is 5.70. The van der Waals surface area contributed by atoms with Gasteiger partial charge in [-0.1, -0.05) is 134 Å². The second-order valence-corrected chi connectivity index (χ2v) is 14.4. The molecule has 58 heavy (non-hydrogen) atoms. The summed E-state index contributed by atoms with van der Waals surface area (Å²) < 4.78 is 15.2. The van der Waals surface area contributed by atoms with Crippen LogP contribution in [0.1, 0.15) is 11.3 Å². The highest BCUT2D eigenvalue weighted by atomic mass is 16.3. The molecule has 0 fully saturated rings. The van der Waals surface area contributed by atoms with Crippen molar-refractivity contribution in [2.75, 3.05) is 0 Å². The summed E-state index contributed by atoms with van der Waals surface area (Å²) >= 11 is 0. The van der Waals surface area contributed by atoms with E-state index in [1.54, 1.807) is 6.08 Å². The van der Waals surface area contributed by atoms with E-state index < -0.39 is 0 Å². The smallest absolute Gasteiger partial charge is 0.164 e. The molecule has 0 bridgehead atoms. The summed E-state index contributed by atoms with van der Waals surface area (Å²) in [5.74, 6) is 2.48. The highest BCUT2D eigenvalue weighted by molar-refractivity contribution is 6.08. The van der Waals surface area contributed by atoms with E-state index in [0.29, 0.717) is 24.0 Å². The number of fused-ring (bicyclic) bond motifs is 7. The summed E-state index contributed by atoms with van der Waals surface area (Å²) in [5, 5.41) is 5.55. The highest BCUT2D eigenvalue weighted by Crippen LogP contribution is 2.37. The second-order valence-electron chi connectivity index (χ2n) is 14.4. The van der Waals surface area contributed by atoms with Crippen LogP contribution in [0.3, 0.4) is 0 Å². The van der Waals surface area contributed by atoms with Crippen molar-refractivity contribution in [3.05, 3.63) is 194 Å². The zero-order chi connectivity index (χ0) is 38.6. The summed E-state index contributed by atoms with van der Waals surface area (Å²) in [5.41, 5.74) is 10.7. The van der Waals surface area contributed by atoms with Gasteiger partial charge >= 0.3 is 0 Å². The van der Waals surface area contributed by atoms with Crippen LogP contribution in [0, 0.1) is 0 Å². The van der Waals surface area contributed by atoms with E-state index in [-0.39, 0.29) is 0 Å². The maximum Gasteiger partial charge on any atom is 0.164 e. The molecule has 7 aromatic carbocycles. The second kappa shape index (κ2) is 13.7. The van der Waals surface area contributed by atoms with Gasteiger partial charge in [0.2, 0.25) is 0 Å². The summed E-state index contributed by atoms with van der Waals surface area (Å²) in [6.07, 6.45) is 5.68. The van der Waals surface area contributed by atoms with Crippen LogP contribution < -0.4 is 0 Å². The van der Waals surface area contributed by atoms with Crippen molar-refractivity contribution in [3.8, 4) is 45.3 Å². The number of rotatable bonds is 8. The van der Waals surface area contributed by atoms with E-state index in [1.165, 1.54) is 21.8 Å². The Morgan fingerprint density at radius 3 is 1.71 bits per heavy atom. The third-order valence-corrected chi connectivity index (χ3v) is 11.0. The Labute approximate surface area is 333 Å². The minimum absolute atomic E-state index is 0.557. The van der Waals surface area contributed by atoms with E-state index in [1.807, 2.05) is 54.6 Å². The number of benzene rings is 7. The fraction of sp³-hybridized carbons (Fsp3) is 0.0192. The average Bonchev–Trinajstić information content (AvgIpc) is 3.94. The molecule has 274 valence electrons. The predicted molar refractivity (Wildman–Crippen MR) is 236 cm³/mol. The number of hydrogen-bond donors (Lipinski definition) is 0. The Kier molecular flexibility index (Phi) is 7.93. The molecule has 4 heterocycles. The zero-order valence-electron chi connectivity index (χ0n) is 31.3. The maximum absolute atomic E-state index is 6.55. The van der Waals surface area contributed by atoms with E-state index >= 15 is 0 Å². The first-order valence-corrected chi connectivity index (χ1v) is 19.3. The van der Waals surface area contributed by atoms with E-state index in [9.17, 15) is 0 Å². The number of nitrogens with zero attached hydrogens (tertiary/aromatic N) is 4. The van der Waals surface area contributed by atoms with Crippen LogP contribution in [0.2, 0.25) is 0 Å². The fourth-order valence-corrected chi connectivity index (χ4v) is 8.16. The van der Waals surface area contributed by atoms with Gasteiger partial charge in [-0.3, -0.25) is 0 Å². The number of hydrogen-bond acceptors (Lipinski definition) is 5. The molecule has 0 aliphatic heterocycles. The molecule has 0 aliphatic carbocycles. The van der Waals surface area contributed by atoms with E-state index in [4.69, 9.17) is 23.8 Å². The largest absolute Gasteiger partial charge is 0.456 e. The summed E-state index contributed by atoms with van der Waals surface area (Å²) in [6.45, 7) is 4.52. The lowest BCUT2D eigenvalue weighted by molar-refractivity contribution is 0.596. The van der Waals surface area contributed by atoms with Crippen LogP contribution in [-0.4, -0.2) is 19.5 Å². The molecule has 0 saturated heterocycles. The number of para-hydroxylation sites is 3. The molecule has 11 aromatic rings. The van der Waals surface area contributed by atoms with Gasteiger partial charge in [0.15, 0.2) is 17.5 Å². The van der Waals surface area contributed by atoms with Gasteiger partial charge < -0.3 is 13.4 Å². The summed E-state index contributed by atoms with van der Waals surface area (Å²) in [4.78, 5) is 15.4. The average molecular weight is 747 g/mol. The molecule has 6 heteroatoms. The number of allylic oxidation sites excluding steroid dienone is 2. The van der Waals surface area contributed by atoms with E-state index in [2.05, 4.69) is 132 Å². The molecule has 4 aromatic heterocycles. The predicted octanol–water partition coefficient (Wildman–Crippen LogP) is 13.5. The molecule has 0 saturated carbocycles. The number of furan rings is 2. The molecule has 6 nitrogen and oxygen atoms in total. The minimum Gasteiger partial charge on any atom is -0.456 e. The van der Waals surface area contributed by atoms with Crippen LogP contribution in [0.5, 0.6) is 0 Å². The van der Waals surface area contributed by atoms with Gasteiger partial charge in [0.1, 0.15) is 22.5 Å². The Morgan fingerprint density at radius 2 is 0.983 bits per heavy atom. The molecule has 0 unspecified atom stereocenters. The van der Waals surface area contributed by atoms with Gasteiger partial charge in [-0.25, -0.2) is 15.0 Å². The molecule has 0 atom stereocenters. The van der Waals surface area contributed by atoms with Crippen LogP contribution in [0.25, 0.3) is 106 Å². The first-order valence-electron chi connectivity index (χ1n) is 19.3. The minimum atomic E-state index is 0.557. The van der Waals surface area contributed by atoms with Crippen molar-refractivity contribution in [1.29, 1.82) is 0 Å². The van der Waals surface area contributed by atoms with Crippen molar-refractivity contribution < 1.29 is 8.83 Å². The lowest BCUT2D eigenvalue weighted by atomic mass is 10.0. The fourth-order valence-electron chi connectivity index (χ4n) is 8.16. The van der Waals surface area contributed by atoms with Gasteiger partial charge in [0, 0.05) is 60.2 Å². The Balaban J connectivity index is 1.08. The van der Waals surface area contributed by atoms with Gasteiger partial charge in [0.25, 0.3) is 0 Å². The monoisotopic (exact) mass is 746 g/mol. The first kappa shape index (κ1) is 33.5. The standard InChI is InChI=1S/C52H34N4O2/c1-2-3-20-47-43(32-56-44-18-10-7-15-38(44)39-16-8-11-19-45(39)56)42-30-36(27-29-48(42)57-47)51-53-50(35-24-22-34(23-25-35)33-13-5-4-6-14-33)54-52(55-51)37-26-28-41-40-17-9-12-21-46(40)58-49(41)31-37/h2-31H,1,32H2/b20-3-. The lowest BCUT2D eigenvalue weighted by Crippen LogP contribution is -2.01. The molecule has 0 aliphatic rings. The zero-order valence-corrected chi connectivity index (χ0v) is 31.3. The van der Waals surface area contributed by atoms with Crippen molar-refractivity contribution in [3.63, 3.8) is 0 Å². The van der Waals surface area contributed by atoms with Crippen LogP contribution >= 0.6 is 0 Å². The van der Waals surface area contributed by atoms with Gasteiger partial charge in [-0.05, 0) is 65.7 Å². The lowest BCUT2D eigenvalue weighted by Gasteiger charge is -2.10. The number of aromatic nitrogens is 4. The highest BCUT2D eigenvalue weighted by Gasteiger charge is 2.20. The van der Waals surface area contributed by atoms with Crippen molar-refractivity contribution in [1.82, 2.24) is 19.5 Å². The van der Waals surface area contributed by atoms with Crippen LogP contribution in [-0.2, 0) is 6.54 Å². The Bertz CT molecular complexity index is 3330.